The minimum absolute atomic E-state index is 0.0681. The molecule has 5 heteroatoms. The molecule has 120 valence electrons. The van der Waals surface area contributed by atoms with Gasteiger partial charge in [-0.05, 0) is 43.2 Å². The number of fused-ring (bicyclic) bond motifs is 1. The number of benzene rings is 2. The fraction of sp³-hybridized carbons (Fsp3) is 0.158. The number of hydrogen-bond acceptors (Lipinski definition) is 2. The minimum atomic E-state index is -0.316. The van der Waals surface area contributed by atoms with E-state index in [4.69, 9.17) is 0 Å². The Hall–Kier alpha value is -2.95. The highest BCUT2D eigenvalue weighted by atomic mass is 19.1. The maximum atomic E-state index is 14.2. The molecule has 1 amide bonds. The molecule has 1 aliphatic heterocycles. The van der Waals surface area contributed by atoms with Crippen molar-refractivity contribution in [2.24, 2.45) is 0 Å². The van der Waals surface area contributed by atoms with Gasteiger partial charge in [0.2, 0.25) is 0 Å². The van der Waals surface area contributed by atoms with Gasteiger partial charge in [0.1, 0.15) is 11.6 Å². The monoisotopic (exact) mass is 321 g/mol. The van der Waals surface area contributed by atoms with Crippen LogP contribution in [0.5, 0.6) is 0 Å². The van der Waals surface area contributed by atoms with E-state index in [0.717, 1.165) is 23.2 Å². The summed E-state index contributed by atoms with van der Waals surface area (Å²) in [7, 11) is 0. The van der Waals surface area contributed by atoms with Crippen LogP contribution < -0.4 is 5.32 Å². The number of rotatable bonds is 2. The molecule has 2 heterocycles. The lowest BCUT2D eigenvalue weighted by Crippen LogP contribution is -2.31. The summed E-state index contributed by atoms with van der Waals surface area (Å²) in [5, 5.41) is 2.85. The van der Waals surface area contributed by atoms with Crippen LogP contribution in [-0.4, -0.2) is 22.0 Å². The van der Waals surface area contributed by atoms with Crippen LogP contribution in [0.3, 0.4) is 0 Å². The zero-order valence-electron chi connectivity index (χ0n) is 13.2. The van der Waals surface area contributed by atoms with E-state index < -0.39 is 0 Å². The fourth-order valence-corrected chi connectivity index (χ4v) is 3.07. The fourth-order valence-electron chi connectivity index (χ4n) is 3.07. The second-order valence-corrected chi connectivity index (χ2v) is 5.95. The summed E-state index contributed by atoms with van der Waals surface area (Å²) < 4.78 is 16.1. The molecule has 0 fully saturated rings. The first-order valence-corrected chi connectivity index (χ1v) is 7.85. The quantitative estimate of drug-likeness (QED) is 0.787. The second kappa shape index (κ2) is 5.60. The number of carbonyl (C=O) groups excluding carboxylic acids is 1. The molecule has 0 saturated heterocycles. The van der Waals surface area contributed by atoms with Gasteiger partial charge in [0, 0.05) is 30.2 Å². The molecule has 2 aromatic carbocycles. The minimum Gasteiger partial charge on any atom is -0.352 e. The Morgan fingerprint density at radius 3 is 2.92 bits per heavy atom. The number of nitrogens with zero attached hydrogens (tertiary/aromatic N) is 2. The molecule has 4 rings (SSSR count). The normalized spacial score (nSPS) is 13.5. The SMILES string of the molecule is Cc1ccc(F)c(-c2nccn2-c2ccc3c(c2)C(=O)NCC3)c1. The number of aryl methyl sites for hydroxylation is 1. The third-order valence-electron chi connectivity index (χ3n) is 4.30. The topological polar surface area (TPSA) is 46.9 Å². The van der Waals surface area contributed by atoms with Gasteiger partial charge in [0.05, 0.1) is 5.56 Å². The summed E-state index contributed by atoms with van der Waals surface area (Å²) in [5.74, 6) is 0.137. The molecule has 3 aromatic rings. The van der Waals surface area contributed by atoms with E-state index in [2.05, 4.69) is 10.3 Å². The molecule has 0 unspecified atom stereocenters. The van der Waals surface area contributed by atoms with E-state index in [1.54, 1.807) is 29.1 Å². The standard InChI is InChI=1S/C19H16FN3O/c1-12-2-5-17(20)16(10-12)18-21-8-9-23(18)14-4-3-13-6-7-22-19(24)15(13)11-14/h2-5,8-11H,6-7H2,1H3,(H,22,24). The van der Waals surface area contributed by atoms with Crippen LogP contribution in [0, 0.1) is 12.7 Å². The van der Waals surface area contributed by atoms with Crippen molar-refractivity contribution in [3.8, 4) is 17.1 Å². The summed E-state index contributed by atoms with van der Waals surface area (Å²) in [6.07, 6.45) is 4.24. The molecule has 0 bridgehead atoms. The molecular weight excluding hydrogens is 305 g/mol. The number of carbonyl (C=O) groups is 1. The highest BCUT2D eigenvalue weighted by molar-refractivity contribution is 5.97. The van der Waals surface area contributed by atoms with Gasteiger partial charge in [-0.1, -0.05) is 17.7 Å². The van der Waals surface area contributed by atoms with Gasteiger partial charge in [-0.15, -0.1) is 0 Å². The van der Waals surface area contributed by atoms with Crippen molar-refractivity contribution in [1.82, 2.24) is 14.9 Å². The lowest BCUT2D eigenvalue weighted by atomic mass is 9.99. The van der Waals surface area contributed by atoms with Crippen LogP contribution in [0.4, 0.5) is 4.39 Å². The first-order valence-electron chi connectivity index (χ1n) is 7.85. The molecule has 1 N–H and O–H groups in total. The summed E-state index contributed by atoms with van der Waals surface area (Å²) in [6, 6.07) is 10.7. The zero-order chi connectivity index (χ0) is 16.7. The van der Waals surface area contributed by atoms with Crippen LogP contribution >= 0.6 is 0 Å². The molecule has 24 heavy (non-hydrogen) atoms. The number of aromatic nitrogens is 2. The Morgan fingerprint density at radius 1 is 1.17 bits per heavy atom. The Balaban J connectivity index is 1.85. The number of imidazole rings is 1. The van der Waals surface area contributed by atoms with Crippen LogP contribution in [0.25, 0.3) is 17.1 Å². The smallest absolute Gasteiger partial charge is 0.251 e. The predicted molar refractivity (Wildman–Crippen MR) is 89.7 cm³/mol. The lowest BCUT2D eigenvalue weighted by molar-refractivity contribution is 0.0946. The van der Waals surface area contributed by atoms with Crippen molar-refractivity contribution in [3.63, 3.8) is 0 Å². The average Bonchev–Trinajstić information content (AvgIpc) is 3.06. The highest BCUT2D eigenvalue weighted by Gasteiger charge is 2.18. The van der Waals surface area contributed by atoms with E-state index >= 15 is 0 Å². The van der Waals surface area contributed by atoms with E-state index in [0.29, 0.717) is 23.5 Å². The Kier molecular flexibility index (Phi) is 3.41. The van der Waals surface area contributed by atoms with Crippen molar-refractivity contribution in [3.05, 3.63) is 71.3 Å². The molecular formula is C19H16FN3O. The van der Waals surface area contributed by atoms with Crippen molar-refractivity contribution in [2.75, 3.05) is 6.54 Å². The van der Waals surface area contributed by atoms with E-state index in [9.17, 15) is 9.18 Å². The van der Waals surface area contributed by atoms with Crippen LogP contribution in [0.2, 0.25) is 0 Å². The van der Waals surface area contributed by atoms with Gasteiger partial charge in [-0.3, -0.25) is 9.36 Å². The van der Waals surface area contributed by atoms with Gasteiger partial charge in [-0.2, -0.15) is 0 Å². The van der Waals surface area contributed by atoms with Crippen LogP contribution in [0.15, 0.2) is 48.8 Å². The van der Waals surface area contributed by atoms with Crippen molar-refractivity contribution in [1.29, 1.82) is 0 Å². The number of halogens is 1. The molecule has 0 spiro atoms. The molecule has 1 aromatic heterocycles. The predicted octanol–water partition coefficient (Wildman–Crippen LogP) is 3.27. The number of amides is 1. The van der Waals surface area contributed by atoms with Gasteiger partial charge in [-0.25, -0.2) is 9.37 Å². The molecule has 4 nitrogen and oxygen atoms in total. The highest BCUT2D eigenvalue weighted by Crippen LogP contribution is 2.26. The lowest BCUT2D eigenvalue weighted by Gasteiger charge is -2.18. The summed E-state index contributed by atoms with van der Waals surface area (Å²) in [4.78, 5) is 16.4. The summed E-state index contributed by atoms with van der Waals surface area (Å²) in [5.41, 5.74) is 3.90. The van der Waals surface area contributed by atoms with Gasteiger partial charge >= 0.3 is 0 Å². The molecule has 0 aliphatic carbocycles. The average molecular weight is 321 g/mol. The van der Waals surface area contributed by atoms with E-state index in [1.165, 1.54) is 6.07 Å². The molecule has 1 aliphatic rings. The molecule has 0 radical (unpaired) electrons. The number of hydrogen-bond donors (Lipinski definition) is 1. The second-order valence-electron chi connectivity index (χ2n) is 5.95. The third-order valence-corrected chi connectivity index (χ3v) is 4.30. The Bertz CT molecular complexity index is 946. The van der Waals surface area contributed by atoms with Crippen LogP contribution in [-0.2, 0) is 6.42 Å². The van der Waals surface area contributed by atoms with Gasteiger partial charge in [0.25, 0.3) is 5.91 Å². The van der Waals surface area contributed by atoms with Crippen molar-refractivity contribution >= 4 is 5.91 Å². The van der Waals surface area contributed by atoms with E-state index in [-0.39, 0.29) is 11.7 Å². The first-order chi connectivity index (χ1) is 11.6. The Morgan fingerprint density at radius 2 is 2.04 bits per heavy atom. The third kappa shape index (κ3) is 2.38. The van der Waals surface area contributed by atoms with E-state index in [1.807, 2.05) is 25.1 Å². The maximum Gasteiger partial charge on any atom is 0.251 e. The zero-order valence-corrected chi connectivity index (χ0v) is 13.2. The molecule has 0 saturated carbocycles. The Labute approximate surface area is 139 Å². The summed E-state index contributed by atoms with van der Waals surface area (Å²) >= 11 is 0. The molecule has 0 atom stereocenters. The summed E-state index contributed by atoms with van der Waals surface area (Å²) in [6.45, 7) is 2.58. The first kappa shape index (κ1) is 14.6. The number of nitrogens with one attached hydrogen (secondary N) is 1. The van der Waals surface area contributed by atoms with Gasteiger partial charge in [0.15, 0.2) is 0 Å². The van der Waals surface area contributed by atoms with Gasteiger partial charge < -0.3 is 5.32 Å². The maximum absolute atomic E-state index is 14.2. The van der Waals surface area contributed by atoms with Crippen molar-refractivity contribution in [2.45, 2.75) is 13.3 Å². The van der Waals surface area contributed by atoms with Crippen LogP contribution in [0.1, 0.15) is 21.5 Å². The largest absolute Gasteiger partial charge is 0.352 e. The van der Waals surface area contributed by atoms with Crippen molar-refractivity contribution < 1.29 is 9.18 Å².